The molecule has 1 aromatic heterocycles. The van der Waals surface area contributed by atoms with Crippen LogP contribution in [-0.4, -0.2) is 47.7 Å². The summed E-state index contributed by atoms with van der Waals surface area (Å²) in [6.45, 7) is 0.751. The van der Waals surface area contributed by atoms with Crippen LogP contribution in [0.4, 0.5) is 17.6 Å². The Hall–Kier alpha value is -3.64. The van der Waals surface area contributed by atoms with Gasteiger partial charge in [0.15, 0.2) is 11.6 Å². The Labute approximate surface area is 212 Å². The first kappa shape index (κ1) is 26.4. The minimum atomic E-state index is -1.35. The van der Waals surface area contributed by atoms with Gasteiger partial charge in [-0.15, -0.1) is 0 Å². The fourth-order valence-corrected chi connectivity index (χ4v) is 4.78. The van der Waals surface area contributed by atoms with E-state index in [1.807, 2.05) is 0 Å². The second kappa shape index (κ2) is 11.6. The van der Waals surface area contributed by atoms with Gasteiger partial charge in [-0.1, -0.05) is 11.8 Å². The Morgan fingerprint density at radius 1 is 1.22 bits per heavy atom. The number of hydrogen-bond donors (Lipinski definition) is 1. The maximum absolute atomic E-state index is 15.3. The molecule has 1 fully saturated rings. The van der Waals surface area contributed by atoms with Gasteiger partial charge in [0, 0.05) is 18.1 Å². The quantitative estimate of drug-likeness (QED) is 0.255. The summed E-state index contributed by atoms with van der Waals surface area (Å²) in [4.78, 5) is 18.0. The summed E-state index contributed by atoms with van der Waals surface area (Å²) < 4.78 is 61.5. The number of likely N-dealkylation sites (tertiary alicyclic amines) is 1. The van der Waals surface area contributed by atoms with Gasteiger partial charge in [0.25, 0.3) is 0 Å². The van der Waals surface area contributed by atoms with Gasteiger partial charge in [0.2, 0.25) is 0 Å². The standard InChI is InChI=1S/C28H26F4N2O3/c1-37-18-5-9-26-21(15-18)19(10-12-33-26)23(29)6-4-17-11-14-34(16-22(17)28(35)36)13-2-3-20-24(30)7-8-25(31)27(20)32/h5,7-10,12,15,17,22-23H,4,6,11,13-14,16H2,1H3,(H,35,36)/t17-,22+,23?/m1/s1. The van der Waals surface area contributed by atoms with E-state index in [1.165, 1.54) is 7.11 Å². The van der Waals surface area contributed by atoms with E-state index in [4.69, 9.17) is 4.74 Å². The van der Waals surface area contributed by atoms with Gasteiger partial charge in [-0.2, -0.15) is 0 Å². The number of pyridine rings is 1. The molecule has 5 nitrogen and oxygen atoms in total. The van der Waals surface area contributed by atoms with Crippen molar-refractivity contribution in [3.05, 3.63) is 71.2 Å². The van der Waals surface area contributed by atoms with Gasteiger partial charge in [-0.3, -0.25) is 14.7 Å². The second-order valence-electron chi connectivity index (χ2n) is 9.08. The number of ether oxygens (including phenoxy) is 1. The largest absolute Gasteiger partial charge is 0.497 e. The van der Waals surface area contributed by atoms with Crippen LogP contribution < -0.4 is 4.74 Å². The van der Waals surface area contributed by atoms with Crippen molar-refractivity contribution < 1.29 is 32.2 Å². The molecule has 2 heterocycles. The van der Waals surface area contributed by atoms with Gasteiger partial charge in [-0.05, 0) is 73.7 Å². The molecular weight excluding hydrogens is 488 g/mol. The minimum Gasteiger partial charge on any atom is -0.497 e. The average molecular weight is 515 g/mol. The summed E-state index contributed by atoms with van der Waals surface area (Å²) >= 11 is 0. The Morgan fingerprint density at radius 3 is 2.76 bits per heavy atom. The van der Waals surface area contributed by atoms with Crippen molar-refractivity contribution in [2.45, 2.75) is 25.4 Å². The number of piperidine rings is 1. The smallest absolute Gasteiger partial charge is 0.308 e. The van der Waals surface area contributed by atoms with Crippen molar-refractivity contribution in [2.24, 2.45) is 11.8 Å². The van der Waals surface area contributed by atoms with E-state index in [9.17, 15) is 23.1 Å². The lowest BCUT2D eigenvalue weighted by Crippen LogP contribution is -2.44. The van der Waals surface area contributed by atoms with E-state index >= 15 is 4.39 Å². The molecule has 0 radical (unpaired) electrons. The number of halogens is 4. The number of rotatable bonds is 7. The molecule has 0 spiro atoms. The number of carbonyl (C=O) groups is 1. The zero-order valence-corrected chi connectivity index (χ0v) is 20.2. The zero-order chi connectivity index (χ0) is 26.5. The molecule has 0 amide bonds. The Bertz CT molecular complexity index is 1350. The number of benzene rings is 2. The van der Waals surface area contributed by atoms with Crippen molar-refractivity contribution in [3.8, 4) is 17.6 Å². The Kier molecular flexibility index (Phi) is 8.29. The normalized spacial score (nSPS) is 18.7. The first-order valence-corrected chi connectivity index (χ1v) is 11.9. The highest BCUT2D eigenvalue weighted by Crippen LogP contribution is 2.35. The van der Waals surface area contributed by atoms with E-state index in [-0.39, 0.29) is 25.4 Å². The maximum Gasteiger partial charge on any atom is 0.308 e. The van der Waals surface area contributed by atoms with Crippen molar-refractivity contribution in [2.75, 3.05) is 26.7 Å². The number of methoxy groups -OCH3 is 1. The summed E-state index contributed by atoms with van der Waals surface area (Å²) in [6.07, 6.45) is 1.30. The first-order valence-electron chi connectivity index (χ1n) is 11.9. The topological polar surface area (TPSA) is 62.7 Å². The molecule has 9 heteroatoms. The fourth-order valence-electron chi connectivity index (χ4n) is 4.78. The number of aliphatic carboxylic acids is 1. The molecule has 1 aliphatic heterocycles. The van der Waals surface area contributed by atoms with Crippen LogP contribution in [0, 0.1) is 41.1 Å². The number of carboxylic acids is 1. The highest BCUT2D eigenvalue weighted by Gasteiger charge is 2.34. The predicted octanol–water partition coefficient (Wildman–Crippen LogP) is 5.53. The SMILES string of the molecule is COc1ccc2nccc(C(F)CC[C@@H]3CCN(CC#Cc4c(F)ccc(F)c4F)C[C@@H]3C(=O)O)c2c1. The van der Waals surface area contributed by atoms with Crippen LogP contribution in [0.5, 0.6) is 5.75 Å². The molecule has 37 heavy (non-hydrogen) atoms. The van der Waals surface area contributed by atoms with E-state index in [0.29, 0.717) is 47.7 Å². The Balaban J connectivity index is 1.39. The maximum atomic E-state index is 15.3. The van der Waals surface area contributed by atoms with E-state index < -0.39 is 41.1 Å². The lowest BCUT2D eigenvalue weighted by atomic mass is 9.81. The highest BCUT2D eigenvalue weighted by atomic mass is 19.2. The van der Waals surface area contributed by atoms with Crippen LogP contribution in [0.15, 0.2) is 42.6 Å². The number of alkyl halides is 1. The highest BCUT2D eigenvalue weighted by molar-refractivity contribution is 5.83. The van der Waals surface area contributed by atoms with Gasteiger partial charge in [-0.25, -0.2) is 17.6 Å². The third-order valence-electron chi connectivity index (χ3n) is 6.83. The van der Waals surface area contributed by atoms with Crippen LogP contribution in [0.25, 0.3) is 10.9 Å². The molecule has 1 unspecified atom stereocenters. The number of nitrogens with zero attached hydrogens (tertiary/aromatic N) is 2. The van der Waals surface area contributed by atoms with Crippen molar-refractivity contribution >= 4 is 16.9 Å². The summed E-state index contributed by atoms with van der Waals surface area (Å²) in [5.74, 6) is 0.0563. The molecule has 1 aliphatic rings. The summed E-state index contributed by atoms with van der Waals surface area (Å²) in [6, 6.07) is 8.39. The van der Waals surface area contributed by atoms with E-state index in [1.54, 1.807) is 35.4 Å². The number of hydrogen-bond acceptors (Lipinski definition) is 4. The molecule has 3 aromatic rings. The number of aromatic nitrogens is 1. The van der Waals surface area contributed by atoms with Gasteiger partial charge in [0.05, 0.1) is 30.7 Å². The fraction of sp³-hybridized carbons (Fsp3) is 0.357. The summed E-state index contributed by atoms with van der Waals surface area (Å²) in [7, 11) is 1.53. The molecule has 0 aliphatic carbocycles. The monoisotopic (exact) mass is 514 g/mol. The van der Waals surface area contributed by atoms with E-state index in [2.05, 4.69) is 16.8 Å². The third kappa shape index (κ3) is 6.03. The number of fused-ring (bicyclic) bond motifs is 1. The summed E-state index contributed by atoms with van der Waals surface area (Å²) in [5, 5.41) is 10.5. The molecule has 0 bridgehead atoms. The molecule has 0 saturated carbocycles. The van der Waals surface area contributed by atoms with Crippen LogP contribution >= 0.6 is 0 Å². The molecular formula is C28H26F4N2O3. The van der Waals surface area contributed by atoms with Gasteiger partial charge < -0.3 is 9.84 Å². The van der Waals surface area contributed by atoms with Crippen LogP contribution in [0.2, 0.25) is 0 Å². The van der Waals surface area contributed by atoms with Gasteiger partial charge in [0.1, 0.15) is 17.7 Å². The lowest BCUT2D eigenvalue weighted by molar-refractivity contribution is -0.146. The van der Waals surface area contributed by atoms with Crippen molar-refractivity contribution in [1.29, 1.82) is 0 Å². The molecule has 1 N–H and O–H groups in total. The van der Waals surface area contributed by atoms with E-state index in [0.717, 1.165) is 6.07 Å². The van der Waals surface area contributed by atoms with Crippen LogP contribution in [0.1, 0.15) is 36.6 Å². The van der Waals surface area contributed by atoms with Crippen LogP contribution in [0.3, 0.4) is 0 Å². The third-order valence-corrected chi connectivity index (χ3v) is 6.83. The average Bonchev–Trinajstić information content (AvgIpc) is 2.90. The Morgan fingerprint density at radius 2 is 2.00 bits per heavy atom. The number of carboxylic acid groups (broad SMARTS) is 1. The van der Waals surface area contributed by atoms with Crippen molar-refractivity contribution in [1.82, 2.24) is 9.88 Å². The molecule has 2 aromatic carbocycles. The molecule has 1 saturated heterocycles. The molecule has 4 rings (SSSR count). The van der Waals surface area contributed by atoms with Crippen LogP contribution in [-0.2, 0) is 4.79 Å². The lowest BCUT2D eigenvalue weighted by Gasteiger charge is -2.35. The first-order chi connectivity index (χ1) is 17.8. The predicted molar refractivity (Wildman–Crippen MR) is 130 cm³/mol. The minimum absolute atomic E-state index is 0.0719. The second-order valence-corrected chi connectivity index (χ2v) is 9.08. The summed E-state index contributed by atoms with van der Waals surface area (Å²) in [5.41, 5.74) is 0.483. The zero-order valence-electron chi connectivity index (χ0n) is 20.2. The molecule has 194 valence electrons. The van der Waals surface area contributed by atoms with Crippen molar-refractivity contribution in [3.63, 3.8) is 0 Å². The van der Waals surface area contributed by atoms with Gasteiger partial charge >= 0.3 is 5.97 Å². The molecule has 3 atom stereocenters.